The SMILES string of the molecule is Cc1nc2c(F)cc(F)cc2c2c1[C@@H]1COC[C@@H]1C=C2. The lowest BCUT2D eigenvalue weighted by Crippen LogP contribution is -2.16. The molecular formula is C16H13F2NO. The predicted octanol–water partition coefficient (Wildman–Crippen LogP) is 3.58. The topological polar surface area (TPSA) is 22.1 Å². The molecule has 1 fully saturated rings. The molecule has 1 aromatic carbocycles. The van der Waals surface area contributed by atoms with Crippen molar-refractivity contribution in [2.24, 2.45) is 5.92 Å². The van der Waals surface area contributed by atoms with Crippen LogP contribution in [0, 0.1) is 24.5 Å². The Labute approximate surface area is 115 Å². The van der Waals surface area contributed by atoms with Crippen LogP contribution in [-0.4, -0.2) is 18.2 Å². The van der Waals surface area contributed by atoms with Crippen LogP contribution in [0.5, 0.6) is 0 Å². The lowest BCUT2D eigenvalue weighted by molar-refractivity contribution is 0.189. The molecule has 0 N–H and O–H groups in total. The maximum atomic E-state index is 13.9. The van der Waals surface area contributed by atoms with E-state index < -0.39 is 11.6 Å². The number of hydrogen-bond acceptors (Lipinski definition) is 2. The molecule has 4 heteroatoms. The third-order valence-electron chi connectivity index (χ3n) is 4.28. The highest BCUT2D eigenvalue weighted by Gasteiger charge is 2.34. The van der Waals surface area contributed by atoms with Gasteiger partial charge in [-0.1, -0.05) is 12.2 Å². The molecule has 102 valence electrons. The zero-order chi connectivity index (χ0) is 13.9. The van der Waals surface area contributed by atoms with Gasteiger partial charge in [0, 0.05) is 29.0 Å². The molecule has 0 spiro atoms. The van der Waals surface area contributed by atoms with Crippen molar-refractivity contribution in [3.05, 3.63) is 46.7 Å². The Kier molecular flexibility index (Phi) is 2.45. The number of fused-ring (bicyclic) bond motifs is 5. The fraction of sp³-hybridized carbons (Fsp3) is 0.312. The number of halogens is 2. The highest BCUT2D eigenvalue weighted by molar-refractivity contribution is 5.91. The van der Waals surface area contributed by atoms with Gasteiger partial charge >= 0.3 is 0 Å². The molecule has 1 aliphatic heterocycles. The Hall–Kier alpha value is -1.81. The maximum absolute atomic E-state index is 13.9. The minimum atomic E-state index is -0.607. The van der Waals surface area contributed by atoms with E-state index in [1.165, 1.54) is 6.07 Å². The molecule has 1 aromatic heterocycles. The van der Waals surface area contributed by atoms with Crippen molar-refractivity contribution in [1.29, 1.82) is 0 Å². The quantitative estimate of drug-likeness (QED) is 0.732. The lowest BCUT2D eigenvalue weighted by Gasteiger charge is -2.24. The fourth-order valence-electron chi connectivity index (χ4n) is 3.38. The van der Waals surface area contributed by atoms with Crippen molar-refractivity contribution < 1.29 is 13.5 Å². The first-order valence-electron chi connectivity index (χ1n) is 6.70. The molecule has 1 aliphatic carbocycles. The van der Waals surface area contributed by atoms with Crippen molar-refractivity contribution in [3.8, 4) is 0 Å². The van der Waals surface area contributed by atoms with Gasteiger partial charge in [-0.15, -0.1) is 0 Å². The second-order valence-electron chi connectivity index (χ2n) is 5.48. The third-order valence-corrected chi connectivity index (χ3v) is 4.28. The van der Waals surface area contributed by atoms with E-state index >= 15 is 0 Å². The number of hydrogen-bond donors (Lipinski definition) is 0. The minimum Gasteiger partial charge on any atom is -0.380 e. The Balaban J connectivity index is 2.09. The summed E-state index contributed by atoms with van der Waals surface area (Å²) in [5.74, 6) is -0.581. The Morgan fingerprint density at radius 3 is 2.95 bits per heavy atom. The molecule has 2 atom stereocenters. The summed E-state index contributed by atoms with van der Waals surface area (Å²) in [5.41, 5.74) is 3.01. The van der Waals surface area contributed by atoms with Crippen molar-refractivity contribution in [2.75, 3.05) is 13.2 Å². The molecule has 1 saturated heterocycles. The van der Waals surface area contributed by atoms with E-state index in [2.05, 4.69) is 11.1 Å². The van der Waals surface area contributed by atoms with Crippen LogP contribution in [0.1, 0.15) is 22.7 Å². The zero-order valence-electron chi connectivity index (χ0n) is 11.0. The molecular weight excluding hydrogens is 260 g/mol. The first kappa shape index (κ1) is 12.0. The van der Waals surface area contributed by atoms with E-state index in [9.17, 15) is 8.78 Å². The summed E-state index contributed by atoms with van der Waals surface area (Å²) in [6.07, 6.45) is 4.04. The van der Waals surface area contributed by atoms with Crippen LogP contribution in [0.2, 0.25) is 0 Å². The molecule has 2 aliphatic rings. The van der Waals surface area contributed by atoms with Crippen molar-refractivity contribution >= 4 is 17.0 Å². The molecule has 0 unspecified atom stereocenters. The van der Waals surface area contributed by atoms with Gasteiger partial charge in [0.2, 0.25) is 0 Å². The van der Waals surface area contributed by atoms with Gasteiger partial charge in [-0.2, -0.15) is 0 Å². The number of pyridine rings is 1. The Morgan fingerprint density at radius 2 is 2.10 bits per heavy atom. The van der Waals surface area contributed by atoms with Gasteiger partial charge < -0.3 is 4.74 Å². The summed E-state index contributed by atoms with van der Waals surface area (Å²) < 4.78 is 33.0. The van der Waals surface area contributed by atoms with Gasteiger partial charge in [0.15, 0.2) is 5.82 Å². The number of aromatic nitrogens is 1. The van der Waals surface area contributed by atoms with Gasteiger partial charge in [-0.3, -0.25) is 0 Å². The van der Waals surface area contributed by atoms with Crippen LogP contribution in [0.3, 0.4) is 0 Å². The zero-order valence-corrected chi connectivity index (χ0v) is 11.0. The minimum absolute atomic E-state index is 0.240. The number of ether oxygens (including phenoxy) is 1. The predicted molar refractivity (Wildman–Crippen MR) is 72.5 cm³/mol. The van der Waals surface area contributed by atoms with Crippen LogP contribution >= 0.6 is 0 Å². The van der Waals surface area contributed by atoms with E-state index in [1.807, 2.05) is 13.0 Å². The van der Waals surface area contributed by atoms with Crippen LogP contribution in [0.15, 0.2) is 18.2 Å². The Morgan fingerprint density at radius 1 is 1.25 bits per heavy atom. The normalized spacial score (nSPS) is 23.9. The summed E-state index contributed by atoms with van der Waals surface area (Å²) in [6, 6.07) is 2.25. The summed E-state index contributed by atoms with van der Waals surface area (Å²) in [4.78, 5) is 4.36. The molecule has 0 saturated carbocycles. The highest BCUT2D eigenvalue weighted by Crippen LogP contribution is 2.42. The lowest BCUT2D eigenvalue weighted by atomic mass is 9.79. The number of rotatable bonds is 0. The number of aryl methyl sites for hydroxylation is 1. The van der Waals surface area contributed by atoms with Gasteiger partial charge in [-0.25, -0.2) is 13.8 Å². The molecule has 2 nitrogen and oxygen atoms in total. The standard InChI is InChI=1S/C16H13F2NO/c1-8-15-11(3-2-9-6-20-7-13(9)15)12-4-10(17)5-14(18)16(12)19-8/h2-5,9,13H,6-7H2,1H3/t9-,13+/m0/s1. The molecule has 4 rings (SSSR count). The van der Waals surface area contributed by atoms with Crippen molar-refractivity contribution in [2.45, 2.75) is 12.8 Å². The molecule has 0 amide bonds. The van der Waals surface area contributed by atoms with Crippen molar-refractivity contribution in [1.82, 2.24) is 4.98 Å². The average molecular weight is 273 g/mol. The molecule has 0 radical (unpaired) electrons. The third kappa shape index (κ3) is 1.54. The highest BCUT2D eigenvalue weighted by atomic mass is 19.1. The average Bonchev–Trinajstić information content (AvgIpc) is 2.88. The monoisotopic (exact) mass is 273 g/mol. The van der Waals surface area contributed by atoms with Gasteiger partial charge in [0.1, 0.15) is 11.3 Å². The number of benzene rings is 1. The van der Waals surface area contributed by atoms with Gasteiger partial charge in [0.25, 0.3) is 0 Å². The van der Waals surface area contributed by atoms with E-state index in [1.54, 1.807) is 0 Å². The largest absolute Gasteiger partial charge is 0.380 e. The van der Waals surface area contributed by atoms with E-state index in [0.29, 0.717) is 24.5 Å². The fourth-order valence-corrected chi connectivity index (χ4v) is 3.38. The van der Waals surface area contributed by atoms with Crippen molar-refractivity contribution in [3.63, 3.8) is 0 Å². The number of nitrogens with zero attached hydrogens (tertiary/aromatic N) is 1. The first-order chi connectivity index (χ1) is 9.65. The van der Waals surface area contributed by atoms with E-state index in [-0.39, 0.29) is 11.4 Å². The van der Waals surface area contributed by atoms with Gasteiger partial charge in [-0.05, 0) is 24.1 Å². The van der Waals surface area contributed by atoms with Gasteiger partial charge in [0.05, 0.1) is 13.2 Å². The molecule has 0 bridgehead atoms. The van der Waals surface area contributed by atoms with Crippen LogP contribution in [0.4, 0.5) is 8.78 Å². The van der Waals surface area contributed by atoms with E-state index in [4.69, 9.17) is 4.74 Å². The second-order valence-corrected chi connectivity index (χ2v) is 5.48. The Bertz CT molecular complexity index is 754. The van der Waals surface area contributed by atoms with Crippen LogP contribution in [-0.2, 0) is 4.74 Å². The van der Waals surface area contributed by atoms with E-state index in [0.717, 1.165) is 22.9 Å². The summed E-state index contributed by atoms with van der Waals surface area (Å²) in [6.45, 7) is 3.24. The summed E-state index contributed by atoms with van der Waals surface area (Å²) in [7, 11) is 0. The maximum Gasteiger partial charge on any atom is 0.152 e. The molecule has 2 heterocycles. The van der Waals surface area contributed by atoms with Crippen LogP contribution in [0.25, 0.3) is 17.0 Å². The smallest absolute Gasteiger partial charge is 0.152 e. The summed E-state index contributed by atoms with van der Waals surface area (Å²) in [5, 5.41) is 0.546. The first-order valence-corrected chi connectivity index (χ1v) is 6.70. The second kappa shape index (κ2) is 4.09. The van der Waals surface area contributed by atoms with Crippen LogP contribution < -0.4 is 0 Å². The molecule has 2 aromatic rings. The summed E-state index contributed by atoms with van der Waals surface area (Å²) >= 11 is 0. The molecule has 20 heavy (non-hydrogen) atoms.